The highest BCUT2D eigenvalue weighted by Crippen LogP contribution is 2.26. The summed E-state index contributed by atoms with van der Waals surface area (Å²) in [7, 11) is 0. The molecule has 0 aliphatic carbocycles. The van der Waals surface area contributed by atoms with E-state index in [-0.39, 0.29) is 5.76 Å². The van der Waals surface area contributed by atoms with Crippen molar-refractivity contribution in [3.05, 3.63) is 23.7 Å². The van der Waals surface area contributed by atoms with Crippen LogP contribution in [0.3, 0.4) is 0 Å². The van der Waals surface area contributed by atoms with Crippen molar-refractivity contribution < 1.29 is 14.3 Å². The topological polar surface area (TPSA) is 56.9 Å². The number of rotatable bonds is 3. The van der Waals surface area contributed by atoms with E-state index in [2.05, 4.69) is 16.7 Å². The lowest BCUT2D eigenvalue weighted by molar-refractivity contribution is 0.0523. The first-order valence-corrected chi connectivity index (χ1v) is 6.93. The van der Waals surface area contributed by atoms with Gasteiger partial charge in [-0.05, 0) is 32.4 Å². The predicted molar refractivity (Wildman–Crippen MR) is 70.1 cm³/mol. The van der Waals surface area contributed by atoms with Gasteiger partial charge >= 0.3 is 5.97 Å². The van der Waals surface area contributed by atoms with Crippen LogP contribution < -0.4 is 0 Å². The van der Waals surface area contributed by atoms with E-state index in [1.165, 1.54) is 25.6 Å². The maximum Gasteiger partial charge on any atom is 0.372 e. The molecule has 3 rings (SSSR count). The summed E-state index contributed by atoms with van der Waals surface area (Å²) in [6, 6.07) is 2.89. The summed E-state index contributed by atoms with van der Waals surface area (Å²) in [5.74, 6) is -0.895. The van der Waals surface area contributed by atoms with E-state index in [1.54, 1.807) is 6.07 Å². The Morgan fingerprint density at radius 1 is 1.53 bits per heavy atom. The maximum atomic E-state index is 11.1. The molecule has 2 aliphatic heterocycles. The molecule has 5 nitrogen and oxygen atoms in total. The average Bonchev–Trinajstić information content (AvgIpc) is 2.98. The van der Waals surface area contributed by atoms with Crippen molar-refractivity contribution >= 4 is 5.97 Å². The fraction of sp³-hybridized carbons (Fsp3) is 0.643. The van der Waals surface area contributed by atoms with Gasteiger partial charge in [0.1, 0.15) is 0 Å². The monoisotopic (exact) mass is 264 g/mol. The number of hydrogen-bond acceptors (Lipinski definition) is 4. The van der Waals surface area contributed by atoms with Crippen molar-refractivity contribution in [2.24, 2.45) is 0 Å². The van der Waals surface area contributed by atoms with E-state index >= 15 is 0 Å². The second-order valence-electron chi connectivity index (χ2n) is 5.65. The van der Waals surface area contributed by atoms with Gasteiger partial charge in [0, 0.05) is 37.3 Å². The second kappa shape index (κ2) is 4.98. The fourth-order valence-corrected chi connectivity index (χ4v) is 3.33. The SMILES string of the molecule is CC1CN2CCCC2CN1Cc1ccoc1C(=O)O. The minimum absolute atomic E-state index is 0.0843. The van der Waals surface area contributed by atoms with Gasteiger partial charge in [0.25, 0.3) is 0 Å². The number of hydrogen-bond donors (Lipinski definition) is 1. The van der Waals surface area contributed by atoms with Crippen molar-refractivity contribution in [1.82, 2.24) is 9.80 Å². The standard InChI is InChI=1S/C14H20N2O3/c1-10-7-15-5-2-3-12(15)9-16(10)8-11-4-6-19-13(11)14(17)18/h4,6,10,12H,2-3,5,7-9H2,1H3,(H,17,18). The van der Waals surface area contributed by atoms with Crippen LogP contribution in [-0.2, 0) is 6.54 Å². The number of carboxylic acids is 1. The average molecular weight is 264 g/mol. The first kappa shape index (κ1) is 12.7. The predicted octanol–water partition coefficient (Wildman–Crippen LogP) is 1.65. The van der Waals surface area contributed by atoms with Crippen LogP contribution in [0.5, 0.6) is 0 Å². The molecule has 2 saturated heterocycles. The van der Waals surface area contributed by atoms with E-state index in [0.717, 1.165) is 18.7 Å². The lowest BCUT2D eigenvalue weighted by Gasteiger charge is -2.42. The number of furan rings is 1. The van der Waals surface area contributed by atoms with E-state index in [0.29, 0.717) is 18.6 Å². The number of carboxylic acid groups (broad SMARTS) is 1. The minimum atomic E-state index is -0.979. The number of fused-ring (bicyclic) bond motifs is 1. The van der Waals surface area contributed by atoms with Crippen LogP contribution in [0.25, 0.3) is 0 Å². The molecular weight excluding hydrogens is 244 g/mol. The molecule has 0 spiro atoms. The molecule has 1 aromatic rings. The minimum Gasteiger partial charge on any atom is -0.475 e. The first-order valence-electron chi connectivity index (χ1n) is 6.93. The smallest absolute Gasteiger partial charge is 0.372 e. The quantitative estimate of drug-likeness (QED) is 0.899. The summed E-state index contributed by atoms with van der Waals surface area (Å²) in [5, 5.41) is 9.08. The van der Waals surface area contributed by atoms with Crippen LogP contribution in [0.2, 0.25) is 0 Å². The third-order valence-electron chi connectivity index (χ3n) is 4.38. The van der Waals surface area contributed by atoms with E-state index in [9.17, 15) is 4.79 Å². The van der Waals surface area contributed by atoms with Crippen LogP contribution in [0, 0.1) is 0 Å². The van der Waals surface area contributed by atoms with Crippen LogP contribution in [0.1, 0.15) is 35.9 Å². The second-order valence-corrected chi connectivity index (χ2v) is 5.65. The summed E-state index contributed by atoms with van der Waals surface area (Å²) in [6.07, 6.45) is 4.02. The van der Waals surface area contributed by atoms with Gasteiger partial charge in [-0.2, -0.15) is 0 Å². The Morgan fingerprint density at radius 2 is 2.37 bits per heavy atom. The molecule has 0 bridgehead atoms. The summed E-state index contributed by atoms with van der Waals surface area (Å²) in [6.45, 7) is 6.23. The Morgan fingerprint density at radius 3 is 3.16 bits per heavy atom. The summed E-state index contributed by atoms with van der Waals surface area (Å²) in [5.41, 5.74) is 0.783. The maximum absolute atomic E-state index is 11.1. The van der Waals surface area contributed by atoms with E-state index in [4.69, 9.17) is 9.52 Å². The van der Waals surface area contributed by atoms with E-state index < -0.39 is 5.97 Å². The zero-order valence-corrected chi connectivity index (χ0v) is 11.2. The molecule has 2 fully saturated rings. The highest BCUT2D eigenvalue weighted by molar-refractivity contribution is 5.86. The van der Waals surface area contributed by atoms with Crippen molar-refractivity contribution in [3.8, 4) is 0 Å². The van der Waals surface area contributed by atoms with Gasteiger partial charge in [-0.1, -0.05) is 0 Å². The molecule has 2 aliphatic rings. The normalized spacial score (nSPS) is 28.5. The van der Waals surface area contributed by atoms with E-state index in [1.807, 2.05) is 0 Å². The fourth-order valence-electron chi connectivity index (χ4n) is 3.33. The van der Waals surface area contributed by atoms with Crippen LogP contribution in [-0.4, -0.2) is 52.6 Å². The molecule has 3 heterocycles. The molecule has 0 aromatic carbocycles. The van der Waals surface area contributed by atoms with Gasteiger partial charge in [0.2, 0.25) is 5.76 Å². The number of carbonyl (C=O) groups is 1. The molecule has 5 heteroatoms. The Kier molecular flexibility index (Phi) is 3.33. The lowest BCUT2D eigenvalue weighted by Crippen LogP contribution is -2.54. The molecular formula is C14H20N2O3. The van der Waals surface area contributed by atoms with Crippen molar-refractivity contribution in [3.63, 3.8) is 0 Å². The Labute approximate surface area is 112 Å². The Bertz CT molecular complexity index is 471. The summed E-state index contributed by atoms with van der Waals surface area (Å²) in [4.78, 5) is 16.0. The summed E-state index contributed by atoms with van der Waals surface area (Å²) >= 11 is 0. The third kappa shape index (κ3) is 2.40. The largest absolute Gasteiger partial charge is 0.475 e. The van der Waals surface area contributed by atoms with Gasteiger partial charge in [0.15, 0.2) is 0 Å². The van der Waals surface area contributed by atoms with Crippen LogP contribution in [0.15, 0.2) is 16.7 Å². The Balaban J connectivity index is 1.72. The van der Waals surface area contributed by atoms with Crippen LogP contribution in [0.4, 0.5) is 0 Å². The Hall–Kier alpha value is -1.33. The molecule has 0 saturated carbocycles. The molecule has 1 aromatic heterocycles. The number of piperazine rings is 1. The molecule has 0 amide bonds. The zero-order chi connectivity index (χ0) is 13.4. The van der Waals surface area contributed by atoms with Gasteiger partial charge < -0.3 is 9.52 Å². The van der Waals surface area contributed by atoms with Gasteiger partial charge in [-0.3, -0.25) is 9.80 Å². The molecule has 19 heavy (non-hydrogen) atoms. The summed E-state index contributed by atoms with van der Waals surface area (Å²) < 4.78 is 5.05. The first-order chi connectivity index (χ1) is 9.15. The molecule has 2 unspecified atom stereocenters. The lowest BCUT2D eigenvalue weighted by atomic mass is 10.1. The zero-order valence-electron chi connectivity index (χ0n) is 11.2. The highest BCUT2D eigenvalue weighted by Gasteiger charge is 2.34. The van der Waals surface area contributed by atoms with Gasteiger partial charge in [-0.25, -0.2) is 4.79 Å². The van der Waals surface area contributed by atoms with Gasteiger partial charge in [0.05, 0.1) is 6.26 Å². The molecule has 0 radical (unpaired) electrons. The third-order valence-corrected chi connectivity index (χ3v) is 4.38. The number of nitrogens with zero attached hydrogens (tertiary/aromatic N) is 2. The number of aromatic carboxylic acids is 1. The van der Waals surface area contributed by atoms with Crippen molar-refractivity contribution in [2.75, 3.05) is 19.6 Å². The van der Waals surface area contributed by atoms with Crippen molar-refractivity contribution in [2.45, 2.75) is 38.4 Å². The molecule has 104 valence electrons. The molecule has 1 N–H and O–H groups in total. The van der Waals surface area contributed by atoms with Crippen LogP contribution >= 0.6 is 0 Å². The van der Waals surface area contributed by atoms with Gasteiger partial charge in [-0.15, -0.1) is 0 Å². The highest BCUT2D eigenvalue weighted by atomic mass is 16.4. The molecule has 2 atom stereocenters. The van der Waals surface area contributed by atoms with Crippen molar-refractivity contribution in [1.29, 1.82) is 0 Å².